The molecule has 2 aromatic carbocycles. The second kappa shape index (κ2) is 9.53. The molecule has 0 radical (unpaired) electrons. The Hall–Kier alpha value is -4.53. The fourth-order valence-electron chi connectivity index (χ4n) is 3.63. The SMILES string of the molecule is CCOC(=O)c1ccc2c(C(=O)C(=O)Nc3ccncc3)c(N)n(Cc3ccc(F)cc3)c2c1. The summed E-state index contributed by atoms with van der Waals surface area (Å²) in [6.07, 6.45) is 2.97. The number of ketones is 1. The molecule has 172 valence electrons. The summed E-state index contributed by atoms with van der Waals surface area (Å²) >= 11 is 0. The molecule has 0 spiro atoms. The van der Waals surface area contributed by atoms with E-state index in [1.165, 1.54) is 30.6 Å². The number of hydrogen-bond donors (Lipinski definition) is 2. The number of ether oxygens (including phenoxy) is 1. The Bertz CT molecular complexity index is 1380. The lowest BCUT2D eigenvalue weighted by molar-refractivity contribution is -0.112. The highest BCUT2D eigenvalue weighted by atomic mass is 19.1. The van der Waals surface area contributed by atoms with Gasteiger partial charge in [0.25, 0.3) is 11.7 Å². The first-order valence-electron chi connectivity index (χ1n) is 10.5. The van der Waals surface area contributed by atoms with Crippen molar-refractivity contribution in [2.75, 3.05) is 17.7 Å². The van der Waals surface area contributed by atoms with Crippen LogP contribution in [0.3, 0.4) is 0 Å². The van der Waals surface area contributed by atoms with Gasteiger partial charge >= 0.3 is 5.97 Å². The van der Waals surface area contributed by atoms with Crippen LogP contribution in [0.25, 0.3) is 10.9 Å². The van der Waals surface area contributed by atoms with Crippen LogP contribution in [-0.2, 0) is 16.1 Å². The predicted molar refractivity (Wildman–Crippen MR) is 125 cm³/mol. The third-order valence-corrected chi connectivity index (χ3v) is 5.24. The molecular formula is C25H21FN4O4. The van der Waals surface area contributed by atoms with Gasteiger partial charge in [-0.25, -0.2) is 9.18 Å². The first-order valence-corrected chi connectivity index (χ1v) is 10.5. The summed E-state index contributed by atoms with van der Waals surface area (Å²) < 4.78 is 20.1. The Kier molecular flexibility index (Phi) is 6.35. The number of rotatable bonds is 7. The normalized spacial score (nSPS) is 10.8. The third kappa shape index (κ3) is 4.49. The number of anilines is 2. The van der Waals surface area contributed by atoms with Gasteiger partial charge in [0.15, 0.2) is 0 Å². The number of carbonyl (C=O) groups excluding carboxylic acids is 3. The maximum atomic E-state index is 13.4. The number of nitrogens with zero attached hydrogens (tertiary/aromatic N) is 2. The minimum atomic E-state index is -0.867. The van der Waals surface area contributed by atoms with Crippen molar-refractivity contribution >= 4 is 40.1 Å². The number of hydrogen-bond acceptors (Lipinski definition) is 6. The van der Waals surface area contributed by atoms with E-state index in [4.69, 9.17) is 10.5 Å². The van der Waals surface area contributed by atoms with Crippen molar-refractivity contribution in [1.29, 1.82) is 0 Å². The van der Waals surface area contributed by atoms with E-state index in [9.17, 15) is 18.8 Å². The molecule has 0 aliphatic rings. The summed E-state index contributed by atoms with van der Waals surface area (Å²) in [7, 11) is 0. The number of halogens is 1. The van der Waals surface area contributed by atoms with Crippen molar-refractivity contribution in [2.45, 2.75) is 13.5 Å². The van der Waals surface area contributed by atoms with Crippen molar-refractivity contribution in [1.82, 2.24) is 9.55 Å². The topological polar surface area (TPSA) is 116 Å². The molecule has 0 unspecified atom stereocenters. The van der Waals surface area contributed by atoms with Crippen molar-refractivity contribution in [3.63, 3.8) is 0 Å². The highest BCUT2D eigenvalue weighted by Gasteiger charge is 2.27. The van der Waals surface area contributed by atoms with E-state index in [0.717, 1.165) is 0 Å². The summed E-state index contributed by atoms with van der Waals surface area (Å²) in [5.41, 5.74) is 8.25. The first-order chi connectivity index (χ1) is 16.4. The number of nitrogen functional groups attached to an aromatic ring is 1. The number of nitrogens with two attached hydrogens (primary N) is 1. The number of pyridine rings is 1. The summed E-state index contributed by atoms with van der Waals surface area (Å²) in [6.45, 7) is 2.09. The Labute approximate surface area is 194 Å². The third-order valence-electron chi connectivity index (χ3n) is 5.24. The van der Waals surface area contributed by atoms with Crippen LogP contribution in [0.4, 0.5) is 15.9 Å². The lowest BCUT2D eigenvalue weighted by Gasteiger charge is -2.09. The van der Waals surface area contributed by atoms with Gasteiger partial charge in [-0.05, 0) is 48.9 Å². The predicted octanol–water partition coefficient (Wildman–Crippen LogP) is 3.80. The molecular weight excluding hydrogens is 439 g/mol. The van der Waals surface area contributed by atoms with Crippen LogP contribution in [-0.4, -0.2) is 33.8 Å². The number of fused-ring (bicyclic) bond motifs is 1. The van der Waals surface area contributed by atoms with Crippen molar-refractivity contribution in [3.8, 4) is 0 Å². The summed E-state index contributed by atoms with van der Waals surface area (Å²) in [6, 6.07) is 13.6. The number of nitrogens with one attached hydrogen (secondary N) is 1. The van der Waals surface area contributed by atoms with Crippen LogP contribution in [0.15, 0.2) is 67.0 Å². The molecule has 9 heteroatoms. The van der Waals surface area contributed by atoms with Gasteiger partial charge in [-0.1, -0.05) is 18.2 Å². The van der Waals surface area contributed by atoms with Crippen LogP contribution in [0.1, 0.15) is 33.2 Å². The molecule has 2 aromatic heterocycles. The van der Waals surface area contributed by atoms with Gasteiger partial charge < -0.3 is 20.4 Å². The van der Waals surface area contributed by atoms with Gasteiger partial charge in [-0.2, -0.15) is 0 Å². The summed E-state index contributed by atoms with van der Waals surface area (Å²) in [4.78, 5) is 42.0. The smallest absolute Gasteiger partial charge is 0.338 e. The van der Waals surface area contributed by atoms with E-state index >= 15 is 0 Å². The van der Waals surface area contributed by atoms with E-state index < -0.39 is 17.7 Å². The number of benzene rings is 2. The van der Waals surface area contributed by atoms with Crippen molar-refractivity contribution in [3.05, 3.63) is 89.5 Å². The van der Waals surface area contributed by atoms with Crippen LogP contribution in [0, 0.1) is 5.82 Å². The lowest BCUT2D eigenvalue weighted by atomic mass is 10.1. The first kappa shape index (κ1) is 22.7. The molecule has 4 aromatic rings. The Morgan fingerprint density at radius 3 is 2.44 bits per heavy atom. The molecule has 8 nitrogen and oxygen atoms in total. The molecule has 0 atom stereocenters. The van der Waals surface area contributed by atoms with Crippen LogP contribution < -0.4 is 11.1 Å². The monoisotopic (exact) mass is 460 g/mol. The van der Waals surface area contributed by atoms with E-state index in [0.29, 0.717) is 22.2 Å². The molecule has 0 aliphatic carbocycles. The molecule has 0 saturated carbocycles. The molecule has 34 heavy (non-hydrogen) atoms. The van der Waals surface area contributed by atoms with E-state index in [2.05, 4.69) is 10.3 Å². The minimum absolute atomic E-state index is 0.0130. The van der Waals surface area contributed by atoms with E-state index in [1.807, 2.05) is 0 Å². The molecule has 0 saturated heterocycles. The zero-order valence-corrected chi connectivity index (χ0v) is 18.2. The Balaban J connectivity index is 1.80. The molecule has 0 fully saturated rings. The van der Waals surface area contributed by atoms with Gasteiger partial charge in [-0.15, -0.1) is 0 Å². The lowest BCUT2D eigenvalue weighted by Crippen LogP contribution is -2.23. The van der Waals surface area contributed by atoms with Crippen molar-refractivity contribution in [2.24, 2.45) is 0 Å². The second-order valence-electron chi connectivity index (χ2n) is 7.44. The number of esters is 1. The standard InChI is InChI=1S/C25H21FN4O4/c1-2-34-25(33)16-5-8-19-20(13-16)30(14-15-3-6-17(26)7-4-15)23(27)21(19)22(31)24(32)29-18-9-11-28-12-10-18/h3-13H,2,14,27H2,1H3,(H,28,29,32). The number of carbonyl (C=O) groups is 3. The van der Waals surface area contributed by atoms with Crippen LogP contribution in [0.2, 0.25) is 0 Å². The maximum Gasteiger partial charge on any atom is 0.338 e. The fourth-order valence-corrected chi connectivity index (χ4v) is 3.63. The Morgan fingerprint density at radius 1 is 1.06 bits per heavy atom. The second-order valence-corrected chi connectivity index (χ2v) is 7.44. The number of amides is 1. The maximum absolute atomic E-state index is 13.4. The highest BCUT2D eigenvalue weighted by molar-refractivity contribution is 6.49. The van der Waals surface area contributed by atoms with Gasteiger partial charge in [0.1, 0.15) is 11.6 Å². The van der Waals surface area contributed by atoms with Crippen LogP contribution >= 0.6 is 0 Å². The fraction of sp³-hybridized carbons (Fsp3) is 0.120. The average molecular weight is 460 g/mol. The van der Waals surface area contributed by atoms with Gasteiger partial charge in [0, 0.05) is 30.0 Å². The minimum Gasteiger partial charge on any atom is -0.462 e. The Morgan fingerprint density at radius 2 is 1.76 bits per heavy atom. The summed E-state index contributed by atoms with van der Waals surface area (Å²) in [5.74, 6) is -2.56. The van der Waals surface area contributed by atoms with E-state index in [-0.39, 0.29) is 35.9 Å². The van der Waals surface area contributed by atoms with Crippen LogP contribution in [0.5, 0.6) is 0 Å². The molecule has 0 aliphatic heterocycles. The molecule has 4 rings (SSSR count). The quantitative estimate of drug-likeness (QED) is 0.246. The van der Waals surface area contributed by atoms with Gasteiger partial charge in [0.05, 0.1) is 23.3 Å². The van der Waals surface area contributed by atoms with Gasteiger partial charge in [-0.3, -0.25) is 14.6 Å². The average Bonchev–Trinajstić information content (AvgIpc) is 3.11. The molecule has 0 bridgehead atoms. The van der Waals surface area contributed by atoms with E-state index in [1.54, 1.807) is 47.9 Å². The van der Waals surface area contributed by atoms with Gasteiger partial charge in [0.2, 0.25) is 0 Å². The number of Topliss-reactive ketones (excluding diaryl/α,β-unsaturated/α-hetero) is 1. The zero-order valence-electron chi connectivity index (χ0n) is 18.2. The molecule has 2 heterocycles. The summed E-state index contributed by atoms with van der Waals surface area (Å²) in [5, 5.41) is 2.94. The molecule has 3 N–H and O–H groups in total. The molecule has 1 amide bonds. The highest BCUT2D eigenvalue weighted by Crippen LogP contribution is 2.31. The van der Waals surface area contributed by atoms with Crippen molar-refractivity contribution < 1.29 is 23.5 Å². The zero-order chi connectivity index (χ0) is 24.2. The largest absolute Gasteiger partial charge is 0.462 e. The number of aromatic nitrogens is 2.